The van der Waals surface area contributed by atoms with Crippen molar-refractivity contribution in [3.63, 3.8) is 0 Å². The molecule has 2 atom stereocenters. The van der Waals surface area contributed by atoms with Crippen molar-refractivity contribution in [2.75, 3.05) is 46.4 Å². The van der Waals surface area contributed by atoms with Gasteiger partial charge in [-0.25, -0.2) is 0 Å². The minimum absolute atomic E-state index is 0.197. The number of nitrogens with zero attached hydrogens (tertiary/aromatic N) is 2. The van der Waals surface area contributed by atoms with Crippen LogP contribution in [0.25, 0.3) is 0 Å². The molecule has 0 aliphatic carbocycles. The topological polar surface area (TPSA) is 41.7 Å². The summed E-state index contributed by atoms with van der Waals surface area (Å²) in [7, 11) is 2.22. The van der Waals surface area contributed by atoms with Crippen molar-refractivity contribution >= 4 is 0 Å². The largest absolute Gasteiger partial charge is 0.377 e. The van der Waals surface area contributed by atoms with Crippen LogP contribution in [0.3, 0.4) is 0 Å². The van der Waals surface area contributed by atoms with Gasteiger partial charge in [0.15, 0.2) is 0 Å². The van der Waals surface area contributed by atoms with E-state index < -0.39 is 0 Å². The van der Waals surface area contributed by atoms with Gasteiger partial charge < -0.3 is 15.4 Å². The predicted octanol–water partition coefficient (Wildman–Crippen LogP) is 0.910. The van der Waals surface area contributed by atoms with E-state index in [1.807, 2.05) is 0 Å². The van der Waals surface area contributed by atoms with E-state index in [-0.39, 0.29) is 5.54 Å². The molecule has 0 spiro atoms. The first-order valence-electron chi connectivity index (χ1n) is 7.45. The summed E-state index contributed by atoms with van der Waals surface area (Å²) in [6.07, 6.45) is 5.38. The highest BCUT2D eigenvalue weighted by Gasteiger charge is 2.40. The number of rotatable bonds is 4. The molecule has 2 N–H and O–H groups in total. The molecule has 2 unspecified atom stereocenters. The van der Waals surface area contributed by atoms with Crippen molar-refractivity contribution in [3.8, 4) is 0 Å². The molecule has 2 aliphatic rings. The summed E-state index contributed by atoms with van der Waals surface area (Å²) in [5.74, 6) is 0. The lowest BCUT2D eigenvalue weighted by molar-refractivity contribution is -0.0520. The van der Waals surface area contributed by atoms with Gasteiger partial charge in [-0.2, -0.15) is 0 Å². The van der Waals surface area contributed by atoms with E-state index in [0.717, 1.165) is 26.2 Å². The molecule has 106 valence electrons. The number of likely N-dealkylation sites (tertiary alicyclic amines) is 2. The Balaban J connectivity index is 2.02. The van der Waals surface area contributed by atoms with Gasteiger partial charge in [-0.3, -0.25) is 4.90 Å². The summed E-state index contributed by atoms with van der Waals surface area (Å²) in [4.78, 5) is 5.05. The Labute approximate surface area is 111 Å². The van der Waals surface area contributed by atoms with Crippen LogP contribution in [0.5, 0.6) is 0 Å². The van der Waals surface area contributed by atoms with Gasteiger partial charge in [-0.15, -0.1) is 0 Å². The second-order valence-corrected chi connectivity index (χ2v) is 5.94. The zero-order valence-corrected chi connectivity index (χ0v) is 12.0. The fourth-order valence-corrected chi connectivity index (χ4v) is 3.63. The van der Waals surface area contributed by atoms with Crippen LogP contribution in [0.15, 0.2) is 0 Å². The predicted molar refractivity (Wildman–Crippen MR) is 74.7 cm³/mol. The Morgan fingerprint density at radius 3 is 2.83 bits per heavy atom. The molecule has 4 nitrogen and oxygen atoms in total. The Hall–Kier alpha value is -0.160. The first kappa shape index (κ1) is 14.3. The number of piperidine rings is 2. The average Bonchev–Trinajstić information content (AvgIpc) is 2.39. The highest BCUT2D eigenvalue weighted by atomic mass is 16.5. The fraction of sp³-hybridized carbons (Fsp3) is 1.00. The molecule has 4 heteroatoms. The monoisotopic (exact) mass is 255 g/mol. The highest BCUT2D eigenvalue weighted by molar-refractivity contribution is 4.98. The number of hydrogen-bond acceptors (Lipinski definition) is 4. The SMILES string of the molecule is CCOC1CCCN(C2(CN)CCCN(C)C2)C1. The second kappa shape index (κ2) is 6.33. The molecule has 2 saturated heterocycles. The van der Waals surface area contributed by atoms with E-state index in [2.05, 4.69) is 23.8 Å². The third-order valence-corrected chi connectivity index (χ3v) is 4.58. The number of likely N-dealkylation sites (N-methyl/N-ethyl adjacent to an activating group) is 1. The summed E-state index contributed by atoms with van der Waals surface area (Å²) < 4.78 is 5.82. The maximum Gasteiger partial charge on any atom is 0.0702 e. The van der Waals surface area contributed by atoms with Crippen LogP contribution in [-0.4, -0.2) is 67.8 Å². The van der Waals surface area contributed by atoms with Gasteiger partial charge in [0, 0.05) is 31.8 Å². The van der Waals surface area contributed by atoms with Crippen LogP contribution < -0.4 is 5.73 Å². The van der Waals surface area contributed by atoms with E-state index in [0.29, 0.717) is 6.10 Å². The number of ether oxygens (including phenoxy) is 1. The van der Waals surface area contributed by atoms with E-state index >= 15 is 0 Å². The molecular weight excluding hydrogens is 226 g/mol. The lowest BCUT2D eigenvalue weighted by Gasteiger charge is -2.51. The van der Waals surface area contributed by atoms with Gasteiger partial charge in [0.25, 0.3) is 0 Å². The summed E-state index contributed by atoms with van der Waals surface area (Å²) in [5, 5.41) is 0. The van der Waals surface area contributed by atoms with E-state index in [1.165, 1.54) is 38.8 Å². The molecule has 2 heterocycles. The van der Waals surface area contributed by atoms with Gasteiger partial charge in [-0.05, 0) is 52.7 Å². The molecule has 0 aromatic carbocycles. The maximum atomic E-state index is 6.14. The van der Waals surface area contributed by atoms with Gasteiger partial charge in [0.1, 0.15) is 0 Å². The summed E-state index contributed by atoms with van der Waals surface area (Å²) in [5.41, 5.74) is 6.34. The van der Waals surface area contributed by atoms with Gasteiger partial charge in [-0.1, -0.05) is 0 Å². The Kier molecular flexibility index (Phi) is 5.01. The van der Waals surface area contributed by atoms with Gasteiger partial charge >= 0.3 is 0 Å². The minimum atomic E-state index is 0.197. The molecule has 2 aliphatic heterocycles. The molecule has 18 heavy (non-hydrogen) atoms. The van der Waals surface area contributed by atoms with Crippen molar-refractivity contribution in [3.05, 3.63) is 0 Å². The van der Waals surface area contributed by atoms with Crippen molar-refractivity contribution < 1.29 is 4.74 Å². The summed E-state index contributed by atoms with van der Waals surface area (Å²) >= 11 is 0. The standard InChI is InChI=1S/C14H29N3O/c1-3-18-13-6-4-9-17(10-13)14(11-15)7-5-8-16(2)12-14/h13H,3-12,15H2,1-2H3. The molecule has 0 saturated carbocycles. The quantitative estimate of drug-likeness (QED) is 0.811. The fourth-order valence-electron chi connectivity index (χ4n) is 3.63. The summed E-state index contributed by atoms with van der Waals surface area (Å²) in [6.45, 7) is 8.27. The molecular formula is C14H29N3O. The average molecular weight is 255 g/mol. The normalized spacial score (nSPS) is 35.8. The van der Waals surface area contributed by atoms with Crippen molar-refractivity contribution in [1.82, 2.24) is 9.80 Å². The zero-order chi connectivity index (χ0) is 13.0. The first-order valence-corrected chi connectivity index (χ1v) is 7.45. The third kappa shape index (κ3) is 3.05. The van der Waals surface area contributed by atoms with Crippen LogP contribution in [0, 0.1) is 0 Å². The Bertz CT molecular complexity index is 259. The maximum absolute atomic E-state index is 6.14. The van der Waals surface area contributed by atoms with E-state index in [1.54, 1.807) is 0 Å². The van der Waals surface area contributed by atoms with Gasteiger partial charge in [0.05, 0.1) is 6.10 Å². The van der Waals surface area contributed by atoms with Crippen LogP contribution in [0.2, 0.25) is 0 Å². The second-order valence-electron chi connectivity index (χ2n) is 5.94. The Morgan fingerprint density at radius 2 is 2.17 bits per heavy atom. The molecule has 2 rings (SSSR count). The first-order chi connectivity index (χ1) is 8.70. The summed E-state index contributed by atoms with van der Waals surface area (Å²) in [6, 6.07) is 0. The van der Waals surface area contributed by atoms with Crippen molar-refractivity contribution in [2.24, 2.45) is 5.73 Å². The van der Waals surface area contributed by atoms with E-state index in [9.17, 15) is 0 Å². The third-order valence-electron chi connectivity index (χ3n) is 4.58. The van der Waals surface area contributed by atoms with Crippen LogP contribution in [0.1, 0.15) is 32.6 Å². The van der Waals surface area contributed by atoms with Crippen molar-refractivity contribution in [1.29, 1.82) is 0 Å². The molecule has 2 fully saturated rings. The number of nitrogens with two attached hydrogens (primary N) is 1. The lowest BCUT2D eigenvalue weighted by Crippen LogP contribution is -2.64. The molecule has 0 bridgehead atoms. The van der Waals surface area contributed by atoms with Crippen LogP contribution >= 0.6 is 0 Å². The van der Waals surface area contributed by atoms with E-state index in [4.69, 9.17) is 10.5 Å². The van der Waals surface area contributed by atoms with Gasteiger partial charge in [0.2, 0.25) is 0 Å². The number of hydrogen-bond donors (Lipinski definition) is 1. The van der Waals surface area contributed by atoms with Crippen LogP contribution in [-0.2, 0) is 4.74 Å². The molecule has 0 amide bonds. The Morgan fingerprint density at radius 1 is 1.33 bits per heavy atom. The smallest absolute Gasteiger partial charge is 0.0702 e. The zero-order valence-electron chi connectivity index (χ0n) is 12.0. The highest BCUT2D eigenvalue weighted by Crippen LogP contribution is 2.29. The molecule has 0 aromatic heterocycles. The van der Waals surface area contributed by atoms with Crippen LogP contribution in [0.4, 0.5) is 0 Å². The van der Waals surface area contributed by atoms with Crippen molar-refractivity contribution in [2.45, 2.75) is 44.2 Å². The minimum Gasteiger partial charge on any atom is -0.377 e. The molecule has 0 radical (unpaired) electrons. The molecule has 0 aromatic rings. The lowest BCUT2D eigenvalue weighted by atomic mass is 9.85.